The van der Waals surface area contributed by atoms with E-state index in [2.05, 4.69) is 4.52 Å². The fourth-order valence-corrected chi connectivity index (χ4v) is 0.716. The van der Waals surface area contributed by atoms with Crippen molar-refractivity contribution in [1.29, 1.82) is 0 Å². The van der Waals surface area contributed by atoms with Crippen molar-refractivity contribution in [2.75, 3.05) is 6.61 Å². The zero-order chi connectivity index (χ0) is 9.99. The molecule has 72 valence electrons. The number of aliphatic carboxylic acids is 1. The summed E-state index contributed by atoms with van der Waals surface area (Å²) >= 11 is 0. The Morgan fingerprint density at radius 1 is 1.67 bits per heavy atom. The lowest BCUT2D eigenvalue weighted by atomic mass is 10.1. The molecule has 0 amide bonds. The van der Waals surface area contributed by atoms with Gasteiger partial charge in [0.1, 0.15) is 5.54 Å². The molecule has 0 spiro atoms. The fraction of sp³-hybridized carbons (Fsp3) is 0.750. The van der Waals surface area contributed by atoms with Crippen LogP contribution in [0.3, 0.4) is 0 Å². The van der Waals surface area contributed by atoms with Crippen molar-refractivity contribution in [3.8, 4) is 0 Å². The molecule has 0 rings (SSSR count). The van der Waals surface area contributed by atoms with E-state index in [9.17, 15) is 9.36 Å². The van der Waals surface area contributed by atoms with Gasteiger partial charge in [0, 0.05) is 0 Å². The Morgan fingerprint density at radius 2 is 2.08 bits per heavy atom. The van der Waals surface area contributed by atoms with E-state index in [0.29, 0.717) is 0 Å². The van der Waals surface area contributed by atoms with E-state index in [0.717, 1.165) is 6.92 Å². The highest BCUT2D eigenvalue weighted by atomic mass is 31.2. The molecule has 0 aromatic heterocycles. The van der Waals surface area contributed by atoms with Crippen LogP contribution in [0.5, 0.6) is 0 Å². The number of carboxylic acids is 1. The molecule has 8 heteroatoms. The van der Waals surface area contributed by atoms with Crippen LogP contribution in [0.4, 0.5) is 0 Å². The van der Waals surface area contributed by atoms with Crippen molar-refractivity contribution in [3.05, 3.63) is 0 Å². The van der Waals surface area contributed by atoms with Crippen molar-refractivity contribution in [2.45, 2.75) is 12.5 Å². The number of hydrogen-bond donors (Lipinski definition) is 4. The number of carboxylic acid groups (broad SMARTS) is 1. The van der Waals surface area contributed by atoms with E-state index >= 15 is 0 Å². The molecule has 0 aliphatic rings. The van der Waals surface area contributed by atoms with Crippen LogP contribution < -0.4 is 5.73 Å². The summed E-state index contributed by atoms with van der Waals surface area (Å²) in [5, 5.41) is 8.38. The Bertz CT molecular complexity index is 220. The van der Waals surface area contributed by atoms with Gasteiger partial charge < -0.3 is 20.6 Å². The molecule has 0 saturated carbocycles. The first kappa shape index (κ1) is 11.5. The minimum absolute atomic E-state index is 0.743. The van der Waals surface area contributed by atoms with Gasteiger partial charge in [0.05, 0.1) is 6.61 Å². The van der Waals surface area contributed by atoms with E-state index in [-0.39, 0.29) is 0 Å². The van der Waals surface area contributed by atoms with Crippen molar-refractivity contribution >= 4 is 13.8 Å². The topological polar surface area (TPSA) is 130 Å². The van der Waals surface area contributed by atoms with E-state index in [1.807, 2.05) is 0 Å². The highest BCUT2D eigenvalue weighted by Gasteiger charge is 2.31. The predicted molar refractivity (Wildman–Crippen MR) is 38.2 cm³/mol. The zero-order valence-electron chi connectivity index (χ0n) is 6.30. The first-order chi connectivity index (χ1) is 5.15. The quantitative estimate of drug-likeness (QED) is 0.422. The number of phosphoric ester groups is 1. The standard InChI is InChI=1S/C4H10NO6P/c1-4(5,3(6)7)2-11-12(8,9)10/h2,5H2,1H3,(H,6,7)(H2,8,9,10)/t4-/m1/s1. The number of nitrogens with two attached hydrogens (primary N) is 1. The molecule has 0 aliphatic carbocycles. The molecule has 0 unspecified atom stereocenters. The van der Waals surface area contributed by atoms with Crippen molar-refractivity contribution < 1.29 is 28.8 Å². The van der Waals surface area contributed by atoms with Gasteiger partial charge in [-0.15, -0.1) is 0 Å². The zero-order valence-corrected chi connectivity index (χ0v) is 7.19. The van der Waals surface area contributed by atoms with Crippen molar-refractivity contribution in [3.63, 3.8) is 0 Å². The van der Waals surface area contributed by atoms with Gasteiger partial charge in [-0.05, 0) is 6.92 Å². The molecule has 12 heavy (non-hydrogen) atoms. The second kappa shape index (κ2) is 3.51. The first-order valence-corrected chi connectivity index (χ1v) is 4.40. The summed E-state index contributed by atoms with van der Waals surface area (Å²) < 4.78 is 14.0. The minimum Gasteiger partial charge on any atom is -0.480 e. The Labute approximate surface area is 68.4 Å². The normalized spacial score (nSPS) is 17.0. The van der Waals surface area contributed by atoms with Crippen LogP contribution in [-0.4, -0.2) is 33.0 Å². The van der Waals surface area contributed by atoms with Gasteiger partial charge in [-0.2, -0.15) is 0 Å². The molecule has 0 saturated heterocycles. The third kappa shape index (κ3) is 4.42. The van der Waals surface area contributed by atoms with E-state index in [4.69, 9.17) is 20.6 Å². The maximum absolute atomic E-state index is 10.3. The summed E-state index contributed by atoms with van der Waals surface area (Å²) in [6.45, 7) is 0.345. The Morgan fingerprint density at radius 3 is 2.33 bits per heavy atom. The van der Waals surface area contributed by atoms with Gasteiger partial charge in [0.2, 0.25) is 0 Å². The average molecular weight is 199 g/mol. The van der Waals surface area contributed by atoms with Gasteiger partial charge in [-0.25, -0.2) is 4.57 Å². The lowest BCUT2D eigenvalue weighted by molar-refractivity contribution is -0.143. The molecule has 0 radical (unpaired) electrons. The maximum Gasteiger partial charge on any atom is 0.469 e. The van der Waals surface area contributed by atoms with Gasteiger partial charge in [0.25, 0.3) is 0 Å². The molecule has 0 aromatic carbocycles. The van der Waals surface area contributed by atoms with E-state index < -0.39 is 25.9 Å². The molecular formula is C4H10NO6P. The maximum atomic E-state index is 10.3. The van der Waals surface area contributed by atoms with Crippen LogP contribution in [0.25, 0.3) is 0 Å². The Kier molecular flexibility index (Phi) is 3.37. The van der Waals surface area contributed by atoms with E-state index in [1.165, 1.54) is 0 Å². The largest absolute Gasteiger partial charge is 0.480 e. The second-order valence-electron chi connectivity index (χ2n) is 2.49. The van der Waals surface area contributed by atoms with Gasteiger partial charge >= 0.3 is 13.8 Å². The van der Waals surface area contributed by atoms with Crippen LogP contribution in [0.15, 0.2) is 0 Å². The lowest BCUT2D eigenvalue weighted by Gasteiger charge is -2.18. The summed E-state index contributed by atoms with van der Waals surface area (Å²) in [7, 11) is -4.65. The summed E-state index contributed by atoms with van der Waals surface area (Å²) in [5.41, 5.74) is 3.31. The molecule has 0 heterocycles. The minimum atomic E-state index is -4.65. The Balaban J connectivity index is 4.10. The van der Waals surface area contributed by atoms with Crippen LogP contribution in [0, 0.1) is 0 Å². The SMILES string of the molecule is C[C@@](N)(COP(=O)(O)O)C(=O)O. The molecular weight excluding hydrogens is 189 g/mol. The van der Waals surface area contributed by atoms with Crippen LogP contribution in [-0.2, 0) is 13.9 Å². The summed E-state index contributed by atoms with van der Waals surface area (Å²) in [6.07, 6.45) is 0. The van der Waals surface area contributed by atoms with Crippen molar-refractivity contribution in [2.24, 2.45) is 5.73 Å². The van der Waals surface area contributed by atoms with Crippen molar-refractivity contribution in [1.82, 2.24) is 0 Å². The van der Waals surface area contributed by atoms with E-state index in [1.54, 1.807) is 0 Å². The molecule has 5 N–H and O–H groups in total. The third-order valence-electron chi connectivity index (χ3n) is 1.02. The number of carbonyl (C=O) groups is 1. The third-order valence-corrected chi connectivity index (χ3v) is 1.49. The van der Waals surface area contributed by atoms with Gasteiger partial charge in [0.15, 0.2) is 0 Å². The van der Waals surface area contributed by atoms with Crippen LogP contribution >= 0.6 is 7.82 Å². The van der Waals surface area contributed by atoms with Gasteiger partial charge in [-0.3, -0.25) is 9.32 Å². The summed E-state index contributed by atoms with van der Waals surface area (Å²) in [5.74, 6) is -1.39. The fourth-order valence-electron chi connectivity index (χ4n) is 0.280. The first-order valence-electron chi connectivity index (χ1n) is 2.87. The van der Waals surface area contributed by atoms with Crippen LogP contribution in [0.1, 0.15) is 6.92 Å². The second-order valence-corrected chi connectivity index (χ2v) is 3.73. The molecule has 0 fully saturated rings. The molecule has 0 aliphatic heterocycles. The monoisotopic (exact) mass is 199 g/mol. The van der Waals surface area contributed by atoms with Gasteiger partial charge in [-0.1, -0.05) is 0 Å². The molecule has 0 aromatic rings. The number of phosphoric acid groups is 1. The predicted octanol–water partition coefficient (Wildman–Crippen LogP) is -1.10. The summed E-state index contributed by atoms with van der Waals surface area (Å²) in [4.78, 5) is 26.7. The summed E-state index contributed by atoms with van der Waals surface area (Å²) in [6, 6.07) is 0. The smallest absolute Gasteiger partial charge is 0.469 e. The average Bonchev–Trinajstić information content (AvgIpc) is 1.82. The highest BCUT2D eigenvalue weighted by Crippen LogP contribution is 2.36. The lowest BCUT2D eigenvalue weighted by Crippen LogP contribution is -2.48. The number of rotatable bonds is 4. The molecule has 0 bridgehead atoms. The van der Waals surface area contributed by atoms with Crippen LogP contribution in [0.2, 0.25) is 0 Å². The highest BCUT2D eigenvalue weighted by molar-refractivity contribution is 7.46. The molecule has 7 nitrogen and oxygen atoms in total. The number of hydrogen-bond acceptors (Lipinski definition) is 4. The molecule has 1 atom stereocenters. The Hall–Kier alpha value is -0.460.